The summed E-state index contributed by atoms with van der Waals surface area (Å²) in [7, 11) is 0. The average Bonchev–Trinajstić information content (AvgIpc) is 2.71. The van der Waals surface area contributed by atoms with E-state index in [1.54, 1.807) is 0 Å². The number of nitrogens with zero attached hydrogens (tertiary/aromatic N) is 1. The first-order chi connectivity index (χ1) is 8.02. The zero-order valence-electron chi connectivity index (χ0n) is 11.3. The number of nitrogens with one attached hydrogen (secondary N) is 1. The van der Waals surface area contributed by atoms with E-state index in [-0.39, 0.29) is 6.04 Å². The van der Waals surface area contributed by atoms with Gasteiger partial charge in [-0.1, -0.05) is 27.2 Å². The lowest BCUT2D eigenvalue weighted by atomic mass is 10.1. The van der Waals surface area contributed by atoms with Crippen molar-refractivity contribution in [2.45, 2.75) is 52.1 Å². The molecule has 100 valence electrons. The smallest absolute Gasteiger partial charge is 0.320 e. The van der Waals surface area contributed by atoms with Crippen molar-refractivity contribution in [3.05, 3.63) is 0 Å². The SMILES string of the molecule is CCC1CCN(CCC(NC(C)C)C(=O)O)C1. The molecule has 0 saturated carbocycles. The fourth-order valence-corrected chi connectivity index (χ4v) is 2.44. The highest BCUT2D eigenvalue weighted by Gasteiger charge is 2.23. The molecule has 1 saturated heterocycles. The van der Waals surface area contributed by atoms with E-state index >= 15 is 0 Å². The van der Waals surface area contributed by atoms with Crippen molar-refractivity contribution >= 4 is 5.97 Å². The molecule has 1 rings (SSSR count). The van der Waals surface area contributed by atoms with Crippen LogP contribution in [0.5, 0.6) is 0 Å². The van der Waals surface area contributed by atoms with Crippen LogP contribution in [-0.2, 0) is 4.79 Å². The molecule has 1 aliphatic heterocycles. The van der Waals surface area contributed by atoms with Gasteiger partial charge in [0, 0.05) is 19.1 Å². The molecule has 1 fully saturated rings. The molecule has 0 spiro atoms. The highest BCUT2D eigenvalue weighted by atomic mass is 16.4. The molecule has 0 aromatic rings. The van der Waals surface area contributed by atoms with Crippen LogP contribution in [0.15, 0.2) is 0 Å². The number of carboxylic acids is 1. The summed E-state index contributed by atoms with van der Waals surface area (Å²) >= 11 is 0. The molecular formula is C13H26N2O2. The van der Waals surface area contributed by atoms with Crippen LogP contribution in [-0.4, -0.2) is 47.7 Å². The highest BCUT2D eigenvalue weighted by Crippen LogP contribution is 2.19. The molecule has 2 N–H and O–H groups in total. The van der Waals surface area contributed by atoms with Gasteiger partial charge in [0.2, 0.25) is 0 Å². The molecule has 17 heavy (non-hydrogen) atoms. The van der Waals surface area contributed by atoms with Crippen LogP contribution in [0.1, 0.15) is 40.0 Å². The summed E-state index contributed by atoms with van der Waals surface area (Å²) in [5.41, 5.74) is 0. The number of carbonyl (C=O) groups is 1. The highest BCUT2D eigenvalue weighted by molar-refractivity contribution is 5.73. The second kappa shape index (κ2) is 6.97. The Labute approximate surface area is 104 Å². The van der Waals surface area contributed by atoms with E-state index in [0.717, 1.165) is 25.6 Å². The van der Waals surface area contributed by atoms with Crippen LogP contribution in [0.2, 0.25) is 0 Å². The topological polar surface area (TPSA) is 52.6 Å². The van der Waals surface area contributed by atoms with Gasteiger partial charge in [-0.3, -0.25) is 4.79 Å². The Bertz CT molecular complexity index is 244. The minimum atomic E-state index is -0.732. The number of carboxylic acid groups (broad SMARTS) is 1. The van der Waals surface area contributed by atoms with E-state index in [9.17, 15) is 4.79 Å². The molecule has 0 aromatic heterocycles. The van der Waals surface area contributed by atoms with Gasteiger partial charge in [0.1, 0.15) is 6.04 Å². The van der Waals surface area contributed by atoms with Gasteiger partial charge in [-0.05, 0) is 25.3 Å². The Morgan fingerprint density at radius 1 is 1.53 bits per heavy atom. The Balaban J connectivity index is 2.29. The van der Waals surface area contributed by atoms with Crippen LogP contribution in [0.3, 0.4) is 0 Å². The lowest BCUT2D eigenvalue weighted by Crippen LogP contribution is -2.43. The molecule has 4 nitrogen and oxygen atoms in total. The molecule has 0 amide bonds. The van der Waals surface area contributed by atoms with E-state index in [1.165, 1.54) is 12.8 Å². The average molecular weight is 242 g/mol. The number of likely N-dealkylation sites (tertiary alicyclic amines) is 1. The zero-order chi connectivity index (χ0) is 12.8. The third-order valence-electron chi connectivity index (χ3n) is 3.51. The predicted molar refractivity (Wildman–Crippen MR) is 69.2 cm³/mol. The van der Waals surface area contributed by atoms with Crippen LogP contribution < -0.4 is 5.32 Å². The number of hydrogen-bond acceptors (Lipinski definition) is 3. The van der Waals surface area contributed by atoms with E-state index < -0.39 is 12.0 Å². The molecule has 4 heteroatoms. The molecule has 2 atom stereocenters. The summed E-state index contributed by atoms with van der Waals surface area (Å²) in [4.78, 5) is 13.5. The normalized spacial score (nSPS) is 23.2. The number of aliphatic carboxylic acids is 1. The fraction of sp³-hybridized carbons (Fsp3) is 0.923. The Kier molecular flexibility index (Phi) is 5.92. The minimum Gasteiger partial charge on any atom is -0.480 e. The lowest BCUT2D eigenvalue weighted by molar-refractivity contribution is -0.139. The first-order valence-corrected chi connectivity index (χ1v) is 6.74. The van der Waals surface area contributed by atoms with Gasteiger partial charge in [-0.15, -0.1) is 0 Å². The van der Waals surface area contributed by atoms with E-state index in [1.807, 2.05) is 13.8 Å². The Morgan fingerprint density at radius 2 is 2.24 bits per heavy atom. The predicted octanol–water partition coefficient (Wildman–Crippen LogP) is 1.56. The van der Waals surface area contributed by atoms with Gasteiger partial charge in [-0.2, -0.15) is 0 Å². The first kappa shape index (κ1) is 14.5. The zero-order valence-corrected chi connectivity index (χ0v) is 11.3. The quantitative estimate of drug-likeness (QED) is 0.711. The lowest BCUT2D eigenvalue weighted by Gasteiger charge is -2.21. The fourth-order valence-electron chi connectivity index (χ4n) is 2.44. The molecule has 2 unspecified atom stereocenters. The van der Waals surface area contributed by atoms with Crippen molar-refractivity contribution in [2.75, 3.05) is 19.6 Å². The Hall–Kier alpha value is -0.610. The monoisotopic (exact) mass is 242 g/mol. The largest absolute Gasteiger partial charge is 0.480 e. The maximum atomic E-state index is 11.1. The third-order valence-corrected chi connectivity index (χ3v) is 3.51. The van der Waals surface area contributed by atoms with Gasteiger partial charge in [0.15, 0.2) is 0 Å². The maximum Gasteiger partial charge on any atom is 0.320 e. The van der Waals surface area contributed by atoms with E-state index in [0.29, 0.717) is 6.42 Å². The summed E-state index contributed by atoms with van der Waals surface area (Å²) in [6.45, 7) is 9.37. The standard InChI is InChI=1S/C13H26N2O2/c1-4-11-5-7-15(9-11)8-6-12(13(16)17)14-10(2)3/h10-12,14H,4-9H2,1-3H3,(H,16,17). The molecule has 1 aliphatic rings. The first-order valence-electron chi connectivity index (χ1n) is 6.74. The van der Waals surface area contributed by atoms with Gasteiger partial charge in [0.05, 0.1) is 0 Å². The van der Waals surface area contributed by atoms with Crippen molar-refractivity contribution in [1.82, 2.24) is 10.2 Å². The number of rotatable bonds is 7. The van der Waals surface area contributed by atoms with Gasteiger partial charge in [-0.25, -0.2) is 0 Å². The summed E-state index contributed by atoms with van der Waals surface area (Å²) < 4.78 is 0. The molecular weight excluding hydrogens is 216 g/mol. The summed E-state index contributed by atoms with van der Waals surface area (Å²) in [5, 5.41) is 12.2. The maximum absolute atomic E-state index is 11.1. The Morgan fingerprint density at radius 3 is 2.71 bits per heavy atom. The van der Waals surface area contributed by atoms with Crippen molar-refractivity contribution < 1.29 is 9.90 Å². The summed E-state index contributed by atoms with van der Waals surface area (Å²) in [6.07, 6.45) is 3.21. The summed E-state index contributed by atoms with van der Waals surface area (Å²) in [6, 6.07) is -0.186. The second-order valence-corrected chi connectivity index (χ2v) is 5.36. The van der Waals surface area contributed by atoms with Gasteiger partial charge >= 0.3 is 5.97 Å². The van der Waals surface area contributed by atoms with E-state index in [4.69, 9.17) is 5.11 Å². The van der Waals surface area contributed by atoms with Crippen molar-refractivity contribution in [3.63, 3.8) is 0 Å². The molecule has 1 heterocycles. The van der Waals surface area contributed by atoms with Crippen LogP contribution in [0, 0.1) is 5.92 Å². The molecule has 0 aliphatic carbocycles. The second-order valence-electron chi connectivity index (χ2n) is 5.36. The van der Waals surface area contributed by atoms with Gasteiger partial charge in [0.25, 0.3) is 0 Å². The van der Waals surface area contributed by atoms with Crippen LogP contribution in [0.25, 0.3) is 0 Å². The molecule has 0 bridgehead atoms. The molecule has 0 aromatic carbocycles. The van der Waals surface area contributed by atoms with Crippen LogP contribution in [0.4, 0.5) is 0 Å². The van der Waals surface area contributed by atoms with E-state index in [2.05, 4.69) is 17.1 Å². The number of hydrogen-bond donors (Lipinski definition) is 2. The molecule has 0 radical (unpaired) electrons. The van der Waals surface area contributed by atoms with Crippen molar-refractivity contribution in [2.24, 2.45) is 5.92 Å². The van der Waals surface area contributed by atoms with Gasteiger partial charge < -0.3 is 15.3 Å². The van der Waals surface area contributed by atoms with Crippen LogP contribution >= 0.6 is 0 Å². The minimum absolute atomic E-state index is 0.220. The van der Waals surface area contributed by atoms with Crippen molar-refractivity contribution in [1.29, 1.82) is 0 Å². The third kappa shape index (κ3) is 5.04. The van der Waals surface area contributed by atoms with Crippen molar-refractivity contribution in [3.8, 4) is 0 Å². The summed E-state index contributed by atoms with van der Waals surface area (Å²) in [5.74, 6) is 0.0845.